The lowest BCUT2D eigenvalue weighted by Crippen LogP contribution is -2.62. The molecule has 23 heavy (non-hydrogen) atoms. The average molecular weight is 316 g/mol. The van der Waals surface area contributed by atoms with Gasteiger partial charge in [-0.05, 0) is 19.8 Å². The van der Waals surface area contributed by atoms with Crippen molar-refractivity contribution in [2.75, 3.05) is 6.61 Å². The highest BCUT2D eigenvalue weighted by atomic mass is 16.5. The number of esters is 1. The highest BCUT2D eigenvalue weighted by Gasteiger charge is 2.72. The molecule has 0 aromatic heterocycles. The summed E-state index contributed by atoms with van der Waals surface area (Å²) in [4.78, 5) is 50.5. The largest absolute Gasteiger partial charge is 0.465 e. The second-order valence-corrected chi connectivity index (χ2v) is 5.82. The van der Waals surface area contributed by atoms with Crippen molar-refractivity contribution < 1.29 is 29.0 Å². The Hall–Kier alpha value is -2.34. The SMILES string of the molecule is CCOC(=O)[C@]1(C2(O)C(=O)c3ccccc3C2=O)CCCC1=O. The first-order valence-corrected chi connectivity index (χ1v) is 7.52. The molecule has 6 heteroatoms. The van der Waals surface area contributed by atoms with Crippen molar-refractivity contribution in [1.82, 2.24) is 0 Å². The summed E-state index contributed by atoms with van der Waals surface area (Å²) in [6, 6.07) is 5.93. The molecule has 0 radical (unpaired) electrons. The Morgan fingerprint density at radius 1 is 1.17 bits per heavy atom. The van der Waals surface area contributed by atoms with Gasteiger partial charge in [-0.3, -0.25) is 19.2 Å². The second kappa shape index (κ2) is 5.09. The molecule has 0 amide bonds. The molecule has 0 bridgehead atoms. The van der Waals surface area contributed by atoms with E-state index >= 15 is 0 Å². The maximum atomic E-state index is 12.7. The first kappa shape index (κ1) is 15.6. The number of carbonyl (C=O) groups excluding carboxylic acids is 4. The van der Waals surface area contributed by atoms with E-state index in [-0.39, 0.29) is 30.6 Å². The van der Waals surface area contributed by atoms with Gasteiger partial charge in [-0.15, -0.1) is 0 Å². The van der Waals surface area contributed by atoms with Crippen LogP contribution in [0.25, 0.3) is 0 Å². The number of aliphatic hydroxyl groups is 1. The standard InChI is InChI=1S/C17H16O6/c1-2-23-15(21)16(9-5-8-12(16)18)17(22)13(19)10-6-3-4-7-11(10)14(17)20/h3-4,6-7,22H,2,5,8-9H2,1H3/t16-/m0/s1. The maximum Gasteiger partial charge on any atom is 0.323 e. The van der Waals surface area contributed by atoms with Crippen molar-refractivity contribution in [2.24, 2.45) is 5.41 Å². The summed E-state index contributed by atoms with van der Waals surface area (Å²) in [5.41, 5.74) is -4.79. The lowest BCUT2D eigenvalue weighted by Gasteiger charge is -2.36. The van der Waals surface area contributed by atoms with Crippen LogP contribution in [0.15, 0.2) is 24.3 Å². The van der Waals surface area contributed by atoms with Crippen LogP contribution in [-0.4, -0.2) is 40.6 Å². The lowest BCUT2D eigenvalue weighted by molar-refractivity contribution is -0.169. The number of rotatable bonds is 3. The van der Waals surface area contributed by atoms with E-state index in [1.54, 1.807) is 19.1 Å². The van der Waals surface area contributed by atoms with Crippen LogP contribution in [0, 0.1) is 5.41 Å². The minimum atomic E-state index is -2.71. The van der Waals surface area contributed by atoms with Gasteiger partial charge in [0.05, 0.1) is 6.61 Å². The molecule has 1 fully saturated rings. The zero-order chi connectivity index (χ0) is 16.8. The summed E-state index contributed by atoms with van der Waals surface area (Å²) in [6.45, 7) is 1.54. The van der Waals surface area contributed by atoms with Gasteiger partial charge in [-0.1, -0.05) is 24.3 Å². The molecule has 120 valence electrons. The molecule has 6 nitrogen and oxygen atoms in total. The van der Waals surface area contributed by atoms with Crippen molar-refractivity contribution >= 4 is 23.3 Å². The normalized spacial score (nSPS) is 25.6. The van der Waals surface area contributed by atoms with Gasteiger partial charge >= 0.3 is 5.97 Å². The molecule has 1 atom stereocenters. The molecule has 1 aromatic carbocycles. The van der Waals surface area contributed by atoms with E-state index in [4.69, 9.17) is 4.74 Å². The molecular formula is C17H16O6. The van der Waals surface area contributed by atoms with Gasteiger partial charge < -0.3 is 9.84 Å². The quantitative estimate of drug-likeness (QED) is 0.662. The van der Waals surface area contributed by atoms with E-state index in [1.165, 1.54) is 12.1 Å². The van der Waals surface area contributed by atoms with Crippen molar-refractivity contribution in [3.05, 3.63) is 35.4 Å². The number of carbonyl (C=O) groups is 4. The summed E-state index contributed by atoms with van der Waals surface area (Å²) in [7, 11) is 0. The van der Waals surface area contributed by atoms with Crippen LogP contribution in [0.4, 0.5) is 0 Å². The van der Waals surface area contributed by atoms with E-state index < -0.39 is 34.3 Å². The van der Waals surface area contributed by atoms with Gasteiger partial charge in [0.2, 0.25) is 17.2 Å². The van der Waals surface area contributed by atoms with Gasteiger partial charge in [0.1, 0.15) is 0 Å². The fraction of sp³-hybridized carbons (Fsp3) is 0.412. The van der Waals surface area contributed by atoms with Crippen LogP contribution in [0.5, 0.6) is 0 Å². The Morgan fingerprint density at radius 2 is 1.74 bits per heavy atom. The molecular weight excluding hydrogens is 300 g/mol. The van der Waals surface area contributed by atoms with Crippen LogP contribution in [0.1, 0.15) is 46.9 Å². The van der Waals surface area contributed by atoms with E-state index in [0.29, 0.717) is 6.42 Å². The third-order valence-electron chi connectivity index (χ3n) is 4.75. The summed E-state index contributed by atoms with van der Waals surface area (Å²) in [6.07, 6.45) is 0.265. The molecule has 0 unspecified atom stereocenters. The fourth-order valence-electron chi connectivity index (χ4n) is 3.63. The zero-order valence-electron chi connectivity index (χ0n) is 12.6. The molecule has 3 rings (SSSR count). The van der Waals surface area contributed by atoms with Gasteiger partial charge in [0.15, 0.2) is 11.2 Å². The monoisotopic (exact) mass is 316 g/mol. The van der Waals surface area contributed by atoms with Crippen molar-refractivity contribution in [1.29, 1.82) is 0 Å². The number of Topliss-reactive ketones (excluding diaryl/α,β-unsaturated/α-hetero) is 3. The third-order valence-corrected chi connectivity index (χ3v) is 4.75. The minimum Gasteiger partial charge on any atom is -0.465 e. The molecule has 2 aliphatic carbocycles. The Kier molecular flexibility index (Phi) is 3.44. The van der Waals surface area contributed by atoms with Gasteiger partial charge in [0.25, 0.3) is 0 Å². The highest BCUT2D eigenvalue weighted by molar-refractivity contribution is 6.36. The summed E-state index contributed by atoms with van der Waals surface area (Å²) in [5, 5.41) is 11.0. The third kappa shape index (κ3) is 1.72. The van der Waals surface area contributed by atoms with Crippen molar-refractivity contribution in [3.63, 3.8) is 0 Å². The average Bonchev–Trinajstić information content (AvgIpc) is 3.03. The number of fused-ring (bicyclic) bond motifs is 1. The Labute approximate surface area is 132 Å². The van der Waals surface area contributed by atoms with Gasteiger partial charge in [-0.25, -0.2) is 0 Å². The minimum absolute atomic E-state index is 0.0146. The Balaban J connectivity index is 2.22. The number of hydrogen-bond acceptors (Lipinski definition) is 6. The van der Waals surface area contributed by atoms with Gasteiger partial charge in [0, 0.05) is 17.5 Å². The smallest absolute Gasteiger partial charge is 0.323 e. The lowest BCUT2D eigenvalue weighted by atomic mass is 9.67. The van der Waals surface area contributed by atoms with Crippen LogP contribution >= 0.6 is 0 Å². The van der Waals surface area contributed by atoms with E-state index in [1.807, 2.05) is 0 Å². The summed E-state index contributed by atoms with van der Waals surface area (Å²) < 4.78 is 4.95. The topological polar surface area (TPSA) is 97.7 Å². The second-order valence-electron chi connectivity index (χ2n) is 5.82. The Morgan fingerprint density at radius 3 is 2.17 bits per heavy atom. The first-order chi connectivity index (χ1) is 10.9. The number of ether oxygens (including phenoxy) is 1. The van der Waals surface area contributed by atoms with Crippen LogP contribution in [-0.2, 0) is 14.3 Å². The zero-order valence-corrected chi connectivity index (χ0v) is 12.6. The van der Waals surface area contributed by atoms with Gasteiger partial charge in [-0.2, -0.15) is 0 Å². The number of ketones is 3. The molecule has 1 saturated carbocycles. The predicted octanol–water partition coefficient (Wildman–Crippen LogP) is 1.10. The van der Waals surface area contributed by atoms with Crippen LogP contribution in [0.2, 0.25) is 0 Å². The fourth-order valence-corrected chi connectivity index (χ4v) is 3.63. The summed E-state index contributed by atoms with van der Waals surface area (Å²) >= 11 is 0. The Bertz CT molecular complexity index is 699. The number of hydrogen-bond donors (Lipinski definition) is 1. The van der Waals surface area contributed by atoms with E-state index in [0.717, 1.165) is 0 Å². The number of benzene rings is 1. The molecule has 0 heterocycles. The molecule has 1 aromatic rings. The molecule has 2 aliphatic rings. The van der Waals surface area contributed by atoms with Crippen molar-refractivity contribution in [2.45, 2.75) is 31.8 Å². The summed E-state index contributed by atoms with van der Waals surface area (Å²) in [5.74, 6) is -3.42. The molecule has 0 saturated heterocycles. The molecule has 0 spiro atoms. The van der Waals surface area contributed by atoms with E-state index in [9.17, 15) is 24.3 Å². The molecule has 1 N–H and O–H groups in total. The van der Waals surface area contributed by atoms with Crippen LogP contribution < -0.4 is 0 Å². The molecule has 0 aliphatic heterocycles. The predicted molar refractivity (Wildman–Crippen MR) is 78.0 cm³/mol. The van der Waals surface area contributed by atoms with Crippen molar-refractivity contribution in [3.8, 4) is 0 Å². The van der Waals surface area contributed by atoms with Crippen LogP contribution in [0.3, 0.4) is 0 Å². The maximum absolute atomic E-state index is 12.7. The first-order valence-electron chi connectivity index (χ1n) is 7.52. The highest BCUT2D eigenvalue weighted by Crippen LogP contribution is 2.50. The van der Waals surface area contributed by atoms with E-state index in [2.05, 4.69) is 0 Å².